The summed E-state index contributed by atoms with van der Waals surface area (Å²) in [7, 11) is 18.3. The Balaban J connectivity index is 5.80. The number of nitrogens with zero attached hydrogens (tertiary/aromatic N) is 5. The Morgan fingerprint density at radius 2 is 0.667 bits per heavy atom. The highest BCUT2D eigenvalue weighted by molar-refractivity contribution is 8.19. The molecule has 0 radical (unpaired) electrons. The zero-order valence-corrected chi connectivity index (χ0v) is 16.4. The van der Waals surface area contributed by atoms with E-state index in [9.17, 15) is 0 Å². The van der Waals surface area contributed by atoms with Crippen LogP contribution in [0.5, 0.6) is 0 Å². The van der Waals surface area contributed by atoms with Gasteiger partial charge in [-0.2, -0.15) is 0 Å². The summed E-state index contributed by atoms with van der Waals surface area (Å²) in [6.45, 7) is -3.98. The van der Waals surface area contributed by atoms with E-state index in [1.807, 2.05) is 56.4 Å². The molecule has 0 heterocycles. The maximum Gasteiger partial charge on any atom is 0.150 e. The van der Waals surface area contributed by atoms with Crippen molar-refractivity contribution in [3.05, 3.63) is 0 Å². The molecule has 0 aromatic heterocycles. The number of hydrogen-bond acceptors (Lipinski definition) is 2. The molecule has 0 atom stereocenters. The van der Waals surface area contributed by atoms with Gasteiger partial charge in [-0.1, -0.05) is 0 Å². The summed E-state index contributed by atoms with van der Waals surface area (Å²) in [4.78, 5) is 0. The molecule has 110 valence electrons. The standard InChI is InChI=1S/C9H27N5P2S2/c1-10(2)15(17,11(3)4)14(9)16(18,12(5)6)13(7)8/h1-9H3. The first-order chi connectivity index (χ1) is 7.93. The Labute approximate surface area is 123 Å². The van der Waals surface area contributed by atoms with Gasteiger partial charge in [-0.3, -0.25) is 18.7 Å². The second kappa shape index (κ2) is 6.70. The molecule has 0 saturated carbocycles. The molecule has 0 spiro atoms. The van der Waals surface area contributed by atoms with Crippen molar-refractivity contribution in [3.8, 4) is 0 Å². The van der Waals surface area contributed by atoms with Crippen molar-refractivity contribution in [2.45, 2.75) is 0 Å². The first-order valence-corrected chi connectivity index (χ1v) is 10.9. The van der Waals surface area contributed by atoms with E-state index in [0.29, 0.717) is 0 Å². The first-order valence-electron chi connectivity index (χ1n) is 5.59. The molecule has 5 nitrogen and oxygen atoms in total. The third-order valence-electron chi connectivity index (χ3n) is 2.84. The van der Waals surface area contributed by atoms with E-state index in [1.54, 1.807) is 0 Å². The molecule has 0 aromatic carbocycles. The predicted octanol–water partition coefficient (Wildman–Crippen LogP) is 1.61. The van der Waals surface area contributed by atoms with Crippen LogP contribution in [0.3, 0.4) is 0 Å². The van der Waals surface area contributed by atoms with Gasteiger partial charge < -0.3 is 0 Å². The van der Waals surface area contributed by atoms with Gasteiger partial charge in [-0.05, 0) is 80.0 Å². The molecule has 0 aliphatic rings. The monoisotopic (exact) mass is 331 g/mol. The molecule has 0 rings (SSSR count). The van der Waals surface area contributed by atoms with Crippen LogP contribution in [0.1, 0.15) is 0 Å². The Morgan fingerprint density at radius 1 is 0.500 bits per heavy atom. The van der Waals surface area contributed by atoms with Gasteiger partial charge in [0.25, 0.3) is 0 Å². The van der Waals surface area contributed by atoms with E-state index in [4.69, 9.17) is 23.6 Å². The van der Waals surface area contributed by atoms with Crippen LogP contribution >= 0.6 is 13.0 Å². The van der Waals surface area contributed by atoms with Gasteiger partial charge >= 0.3 is 0 Å². The van der Waals surface area contributed by atoms with Gasteiger partial charge in [0.1, 0.15) is 13.0 Å². The molecule has 0 fully saturated rings. The summed E-state index contributed by atoms with van der Waals surface area (Å²) >= 11 is 11.9. The van der Waals surface area contributed by atoms with Gasteiger partial charge in [0.05, 0.1) is 0 Å². The fourth-order valence-electron chi connectivity index (χ4n) is 1.90. The Morgan fingerprint density at radius 3 is 0.778 bits per heavy atom. The van der Waals surface area contributed by atoms with Gasteiger partial charge in [-0.25, -0.2) is 4.44 Å². The van der Waals surface area contributed by atoms with E-state index in [2.05, 4.69) is 30.2 Å². The molecule has 0 bridgehead atoms. The van der Waals surface area contributed by atoms with E-state index in [-0.39, 0.29) is 0 Å². The highest BCUT2D eigenvalue weighted by Gasteiger charge is 2.39. The zero-order chi connectivity index (χ0) is 14.9. The molecule has 0 saturated heterocycles. The fraction of sp³-hybridized carbons (Fsp3) is 1.00. The minimum absolute atomic E-state index is 1.99. The van der Waals surface area contributed by atoms with Crippen LogP contribution in [0.4, 0.5) is 0 Å². The Kier molecular flexibility index (Phi) is 7.11. The molecule has 9 heteroatoms. The minimum atomic E-state index is -1.99. The lowest BCUT2D eigenvalue weighted by Gasteiger charge is -2.50. The van der Waals surface area contributed by atoms with Crippen LogP contribution in [0, 0.1) is 0 Å². The average molecular weight is 331 g/mol. The van der Waals surface area contributed by atoms with Crippen molar-refractivity contribution in [2.24, 2.45) is 0 Å². The van der Waals surface area contributed by atoms with Crippen LogP contribution in [0.25, 0.3) is 0 Å². The topological polar surface area (TPSA) is 16.2 Å². The maximum absolute atomic E-state index is 5.96. The van der Waals surface area contributed by atoms with Gasteiger partial charge in [0.15, 0.2) is 0 Å². The van der Waals surface area contributed by atoms with Crippen molar-refractivity contribution >= 4 is 36.6 Å². The van der Waals surface area contributed by atoms with Crippen molar-refractivity contribution < 1.29 is 0 Å². The predicted molar refractivity (Wildman–Crippen MR) is 91.1 cm³/mol. The molecule has 18 heavy (non-hydrogen) atoms. The molecular weight excluding hydrogens is 304 g/mol. The zero-order valence-electron chi connectivity index (χ0n) is 12.9. The summed E-state index contributed by atoms with van der Waals surface area (Å²) in [6, 6.07) is 0. The van der Waals surface area contributed by atoms with E-state index >= 15 is 0 Å². The third kappa shape index (κ3) is 3.22. The van der Waals surface area contributed by atoms with E-state index in [0.717, 1.165) is 0 Å². The van der Waals surface area contributed by atoms with Gasteiger partial charge in [0, 0.05) is 7.05 Å². The molecule has 0 N–H and O–H groups in total. The molecule has 0 aromatic rings. The van der Waals surface area contributed by atoms with Gasteiger partial charge in [-0.15, -0.1) is 0 Å². The van der Waals surface area contributed by atoms with Crippen molar-refractivity contribution in [3.63, 3.8) is 0 Å². The SMILES string of the molecule is CN(C)P(=S)(N(C)C)N(C)P(=S)(N(C)C)N(C)C. The molecule has 0 unspecified atom stereocenters. The quantitative estimate of drug-likeness (QED) is 0.679. The Hall–Kier alpha value is 1.10. The smallest absolute Gasteiger partial charge is 0.150 e. The summed E-state index contributed by atoms with van der Waals surface area (Å²) in [5, 5.41) is 0. The molecule has 0 aliphatic heterocycles. The minimum Gasteiger partial charge on any atom is -0.258 e. The second-order valence-electron chi connectivity index (χ2n) is 4.90. The normalized spacial score (nSPS) is 14.6. The summed E-state index contributed by atoms with van der Waals surface area (Å²) < 4.78 is 10.7. The number of rotatable bonds is 6. The van der Waals surface area contributed by atoms with Crippen LogP contribution in [-0.2, 0) is 23.6 Å². The average Bonchev–Trinajstić information content (AvgIpc) is 2.24. The highest BCUT2D eigenvalue weighted by Crippen LogP contribution is 2.68. The van der Waals surface area contributed by atoms with Crippen LogP contribution in [0.15, 0.2) is 0 Å². The first kappa shape index (κ1) is 19.1. The number of hydrogen-bond donors (Lipinski definition) is 0. The van der Waals surface area contributed by atoms with Crippen LogP contribution in [-0.4, -0.2) is 86.6 Å². The van der Waals surface area contributed by atoms with Gasteiger partial charge in [0.2, 0.25) is 0 Å². The van der Waals surface area contributed by atoms with Crippen molar-refractivity contribution in [1.82, 2.24) is 23.1 Å². The Bertz CT molecular complexity index is 312. The lowest BCUT2D eigenvalue weighted by molar-refractivity contribution is 0.482. The van der Waals surface area contributed by atoms with Crippen LogP contribution < -0.4 is 0 Å². The van der Waals surface area contributed by atoms with E-state index < -0.39 is 13.0 Å². The molecular formula is C9H27N5P2S2. The fourth-order valence-corrected chi connectivity index (χ4v) is 10.8. The summed E-state index contributed by atoms with van der Waals surface area (Å²) in [5.41, 5.74) is 0. The summed E-state index contributed by atoms with van der Waals surface area (Å²) in [6.07, 6.45) is 0. The second-order valence-corrected chi connectivity index (χ2v) is 14.6. The molecule has 0 aliphatic carbocycles. The van der Waals surface area contributed by atoms with Crippen LogP contribution in [0.2, 0.25) is 0 Å². The van der Waals surface area contributed by atoms with E-state index in [1.165, 1.54) is 0 Å². The third-order valence-corrected chi connectivity index (χ3v) is 16.1. The molecule has 0 amide bonds. The maximum atomic E-state index is 5.96. The lowest BCUT2D eigenvalue weighted by atomic mass is 11.3. The largest absolute Gasteiger partial charge is 0.258 e. The highest BCUT2D eigenvalue weighted by atomic mass is 32.5. The van der Waals surface area contributed by atoms with Crippen molar-refractivity contribution in [1.29, 1.82) is 0 Å². The van der Waals surface area contributed by atoms with Crippen molar-refractivity contribution in [2.75, 3.05) is 63.4 Å². The summed E-state index contributed by atoms with van der Waals surface area (Å²) in [5.74, 6) is 0. The lowest BCUT2D eigenvalue weighted by Crippen LogP contribution is -2.37.